The second-order valence-electron chi connectivity index (χ2n) is 6.93. The van der Waals surface area contributed by atoms with Crippen molar-refractivity contribution in [2.24, 2.45) is 0 Å². The zero-order valence-corrected chi connectivity index (χ0v) is 17.5. The van der Waals surface area contributed by atoms with Crippen LogP contribution in [0.15, 0.2) is 52.1 Å². The Morgan fingerprint density at radius 2 is 1.97 bits per heavy atom. The molecular formula is C22H23N3O4S. The fraction of sp³-hybridized carbons (Fsp3) is 0.318. The molecule has 0 unspecified atom stereocenters. The standard InChI is InChI=1S/C22H23N3O4S/c1-27-19-9-5-4-8-18(19)23-20(26)14-30-22-25-24-21(29-22)13-28-17-11-10-15-6-2-3-7-16(15)12-17/h4-5,8-12H,2-3,6-7,13-14H2,1H3,(H,23,26). The van der Waals surface area contributed by atoms with Gasteiger partial charge in [-0.25, -0.2) is 0 Å². The summed E-state index contributed by atoms with van der Waals surface area (Å²) in [7, 11) is 1.56. The summed E-state index contributed by atoms with van der Waals surface area (Å²) in [6.45, 7) is 0.194. The maximum absolute atomic E-state index is 12.2. The number of carbonyl (C=O) groups excluding carboxylic acids is 1. The van der Waals surface area contributed by atoms with Crippen molar-refractivity contribution < 1.29 is 18.7 Å². The van der Waals surface area contributed by atoms with Crippen molar-refractivity contribution in [1.29, 1.82) is 0 Å². The number of anilines is 1. The number of rotatable bonds is 8. The Kier molecular flexibility index (Phi) is 6.53. The minimum atomic E-state index is -0.186. The van der Waals surface area contributed by atoms with Gasteiger partial charge in [0.15, 0.2) is 6.61 Å². The quantitative estimate of drug-likeness (QED) is 0.540. The molecule has 156 valence electrons. The number of methoxy groups -OCH3 is 1. The number of ether oxygens (including phenoxy) is 2. The molecule has 30 heavy (non-hydrogen) atoms. The number of amides is 1. The third kappa shape index (κ3) is 5.13. The van der Waals surface area contributed by atoms with Crippen molar-refractivity contribution >= 4 is 23.4 Å². The van der Waals surface area contributed by atoms with Crippen LogP contribution in [0.4, 0.5) is 5.69 Å². The first-order chi connectivity index (χ1) is 14.7. The average molecular weight is 426 g/mol. The summed E-state index contributed by atoms with van der Waals surface area (Å²) in [5.74, 6) is 1.75. The third-order valence-corrected chi connectivity index (χ3v) is 5.66. The van der Waals surface area contributed by atoms with Gasteiger partial charge in [0.25, 0.3) is 11.1 Å². The zero-order chi connectivity index (χ0) is 20.8. The Labute approximate surface area is 179 Å². The maximum Gasteiger partial charge on any atom is 0.277 e. The molecule has 0 bridgehead atoms. The average Bonchev–Trinajstić information content (AvgIpc) is 3.24. The van der Waals surface area contributed by atoms with Gasteiger partial charge < -0.3 is 19.2 Å². The van der Waals surface area contributed by atoms with Crippen LogP contribution in [0.2, 0.25) is 0 Å². The lowest BCUT2D eigenvalue weighted by Gasteiger charge is -2.16. The molecule has 1 aliphatic carbocycles. The highest BCUT2D eigenvalue weighted by Gasteiger charge is 2.13. The van der Waals surface area contributed by atoms with E-state index in [-0.39, 0.29) is 18.3 Å². The van der Waals surface area contributed by atoms with E-state index in [9.17, 15) is 4.79 Å². The van der Waals surface area contributed by atoms with E-state index in [0.717, 1.165) is 18.6 Å². The number of para-hydroxylation sites is 2. The number of nitrogens with zero attached hydrogens (tertiary/aromatic N) is 2. The van der Waals surface area contributed by atoms with Crippen LogP contribution in [-0.4, -0.2) is 29.0 Å². The maximum atomic E-state index is 12.2. The Balaban J connectivity index is 1.26. The van der Waals surface area contributed by atoms with Crippen LogP contribution in [0.3, 0.4) is 0 Å². The van der Waals surface area contributed by atoms with Gasteiger partial charge in [-0.1, -0.05) is 30.0 Å². The molecule has 0 saturated heterocycles. The summed E-state index contributed by atoms with van der Waals surface area (Å²) < 4.78 is 16.6. The summed E-state index contributed by atoms with van der Waals surface area (Å²) in [4.78, 5) is 12.2. The molecule has 1 N–H and O–H groups in total. The van der Waals surface area contributed by atoms with Gasteiger partial charge in [0.2, 0.25) is 5.91 Å². The van der Waals surface area contributed by atoms with Gasteiger partial charge in [-0.15, -0.1) is 10.2 Å². The summed E-state index contributed by atoms with van der Waals surface area (Å²) in [5, 5.41) is 11.1. The Hall–Kier alpha value is -3.00. The number of hydrogen-bond donors (Lipinski definition) is 1. The van der Waals surface area contributed by atoms with Gasteiger partial charge >= 0.3 is 0 Å². The minimum Gasteiger partial charge on any atom is -0.495 e. The smallest absolute Gasteiger partial charge is 0.277 e. The summed E-state index contributed by atoms with van der Waals surface area (Å²) >= 11 is 1.17. The molecule has 1 aliphatic rings. The molecule has 3 aromatic rings. The van der Waals surface area contributed by atoms with Crippen molar-refractivity contribution in [2.45, 2.75) is 37.5 Å². The molecule has 0 radical (unpaired) electrons. The number of carbonyl (C=O) groups is 1. The molecule has 0 saturated carbocycles. The lowest BCUT2D eigenvalue weighted by molar-refractivity contribution is -0.113. The summed E-state index contributed by atoms with van der Waals surface area (Å²) in [5.41, 5.74) is 3.40. The largest absolute Gasteiger partial charge is 0.495 e. The lowest BCUT2D eigenvalue weighted by atomic mass is 9.92. The predicted molar refractivity (Wildman–Crippen MR) is 114 cm³/mol. The molecule has 8 heteroatoms. The van der Waals surface area contributed by atoms with E-state index >= 15 is 0 Å². The number of thioether (sulfide) groups is 1. The van der Waals surface area contributed by atoms with Crippen LogP contribution in [0.5, 0.6) is 11.5 Å². The molecule has 0 fully saturated rings. The van der Waals surface area contributed by atoms with Gasteiger partial charge in [-0.2, -0.15) is 0 Å². The predicted octanol–water partition coefficient (Wildman–Crippen LogP) is 4.27. The van der Waals surface area contributed by atoms with E-state index in [1.807, 2.05) is 18.2 Å². The van der Waals surface area contributed by atoms with Gasteiger partial charge in [0.05, 0.1) is 18.6 Å². The molecule has 0 atom stereocenters. The van der Waals surface area contributed by atoms with Crippen LogP contribution in [0.1, 0.15) is 29.9 Å². The van der Waals surface area contributed by atoms with Crippen LogP contribution in [-0.2, 0) is 24.2 Å². The molecule has 0 spiro atoms. The fourth-order valence-corrected chi connectivity index (χ4v) is 3.94. The van der Waals surface area contributed by atoms with Gasteiger partial charge in [-0.05, 0) is 61.1 Å². The fourth-order valence-electron chi connectivity index (χ4n) is 3.36. The van der Waals surface area contributed by atoms with Crippen LogP contribution in [0, 0.1) is 0 Å². The second-order valence-corrected chi connectivity index (χ2v) is 7.85. The molecule has 4 rings (SSSR count). The second kappa shape index (κ2) is 9.67. The lowest BCUT2D eigenvalue weighted by Crippen LogP contribution is -2.14. The van der Waals surface area contributed by atoms with E-state index in [1.165, 1.54) is 35.7 Å². The number of benzene rings is 2. The monoisotopic (exact) mass is 425 g/mol. The van der Waals surface area contributed by atoms with Crippen molar-refractivity contribution in [1.82, 2.24) is 10.2 Å². The number of aromatic nitrogens is 2. The first kappa shape index (κ1) is 20.3. The van der Waals surface area contributed by atoms with E-state index in [2.05, 4.69) is 27.6 Å². The molecular weight excluding hydrogens is 402 g/mol. The van der Waals surface area contributed by atoms with Crippen molar-refractivity contribution in [2.75, 3.05) is 18.2 Å². The summed E-state index contributed by atoms with van der Waals surface area (Å²) in [6.07, 6.45) is 4.73. The van der Waals surface area contributed by atoms with Crippen molar-refractivity contribution in [3.8, 4) is 11.5 Å². The van der Waals surface area contributed by atoms with Gasteiger partial charge in [0, 0.05) is 0 Å². The van der Waals surface area contributed by atoms with Crippen LogP contribution >= 0.6 is 11.8 Å². The van der Waals surface area contributed by atoms with E-state index in [0.29, 0.717) is 22.6 Å². The van der Waals surface area contributed by atoms with Gasteiger partial charge in [-0.3, -0.25) is 4.79 Å². The highest BCUT2D eigenvalue weighted by molar-refractivity contribution is 7.99. The molecule has 2 aromatic carbocycles. The molecule has 1 aromatic heterocycles. The number of aryl methyl sites for hydroxylation is 2. The third-order valence-electron chi connectivity index (χ3n) is 4.84. The van der Waals surface area contributed by atoms with E-state index in [1.54, 1.807) is 19.2 Å². The van der Waals surface area contributed by atoms with Crippen molar-refractivity contribution in [3.05, 3.63) is 59.5 Å². The molecule has 1 amide bonds. The Bertz CT molecular complexity index is 1020. The molecule has 0 aliphatic heterocycles. The van der Waals surface area contributed by atoms with Gasteiger partial charge in [0.1, 0.15) is 11.5 Å². The SMILES string of the molecule is COc1ccccc1NC(=O)CSc1nnc(COc2ccc3c(c2)CCCC3)o1. The highest BCUT2D eigenvalue weighted by Crippen LogP contribution is 2.26. The number of nitrogens with one attached hydrogen (secondary N) is 1. The topological polar surface area (TPSA) is 86.5 Å². The van der Waals surface area contributed by atoms with E-state index in [4.69, 9.17) is 13.9 Å². The zero-order valence-electron chi connectivity index (χ0n) is 16.7. The first-order valence-corrected chi connectivity index (χ1v) is 10.8. The summed E-state index contributed by atoms with van der Waals surface area (Å²) in [6, 6.07) is 13.5. The molecule has 7 nitrogen and oxygen atoms in total. The first-order valence-electron chi connectivity index (χ1n) is 9.84. The van der Waals surface area contributed by atoms with Crippen LogP contribution < -0.4 is 14.8 Å². The normalized spacial score (nSPS) is 12.8. The Morgan fingerprint density at radius 1 is 1.13 bits per heavy atom. The van der Waals surface area contributed by atoms with E-state index < -0.39 is 0 Å². The molecule has 1 heterocycles. The highest BCUT2D eigenvalue weighted by atomic mass is 32.2. The Morgan fingerprint density at radius 3 is 2.83 bits per heavy atom. The number of fused-ring (bicyclic) bond motifs is 1. The number of hydrogen-bond acceptors (Lipinski definition) is 7. The van der Waals surface area contributed by atoms with Crippen molar-refractivity contribution in [3.63, 3.8) is 0 Å². The minimum absolute atomic E-state index is 0.144. The van der Waals surface area contributed by atoms with Crippen LogP contribution in [0.25, 0.3) is 0 Å².